The smallest absolute Gasteiger partial charge is 0.322 e. The van der Waals surface area contributed by atoms with Gasteiger partial charge in [-0.05, 0) is 5.92 Å². The van der Waals surface area contributed by atoms with E-state index in [-0.39, 0.29) is 5.92 Å². The average Bonchev–Trinajstić information content (AvgIpc) is 2.04. The lowest BCUT2D eigenvalue weighted by atomic mass is 10.0. The van der Waals surface area contributed by atoms with Crippen LogP contribution in [0.15, 0.2) is 0 Å². The summed E-state index contributed by atoms with van der Waals surface area (Å²) in [6.45, 7) is 3.70. The summed E-state index contributed by atoms with van der Waals surface area (Å²) in [4.78, 5) is 20.5. The lowest BCUT2D eigenvalue weighted by Gasteiger charge is -2.18. The van der Waals surface area contributed by atoms with E-state index in [1.54, 1.807) is 6.92 Å². The van der Waals surface area contributed by atoms with Gasteiger partial charge < -0.3 is 5.11 Å². The Bertz CT molecular complexity index is 161. The van der Waals surface area contributed by atoms with Gasteiger partial charge in [0.05, 0.1) is 0 Å². The van der Waals surface area contributed by atoms with E-state index in [0.717, 1.165) is 6.42 Å². The van der Waals surface area contributed by atoms with E-state index in [9.17, 15) is 9.59 Å². The molecule has 0 bridgehead atoms. The third-order valence-corrected chi connectivity index (χ3v) is 1.78. The fourth-order valence-electron chi connectivity index (χ4n) is 0.807. The Balaban J connectivity index is 4.02. The lowest BCUT2D eigenvalue weighted by Crippen LogP contribution is -2.48. The molecule has 2 atom stereocenters. The van der Waals surface area contributed by atoms with Gasteiger partial charge in [-0.1, -0.05) is 20.3 Å². The molecule has 0 radical (unpaired) electrons. The molecule has 0 aromatic heterocycles. The lowest BCUT2D eigenvalue weighted by molar-refractivity contribution is -0.141. The van der Waals surface area contributed by atoms with Crippen LogP contribution in [0, 0.1) is 5.92 Å². The predicted molar refractivity (Wildman–Crippen MR) is 43.2 cm³/mol. The maximum Gasteiger partial charge on any atom is 0.322 e. The van der Waals surface area contributed by atoms with E-state index in [0.29, 0.717) is 6.41 Å². The van der Waals surface area contributed by atoms with Gasteiger partial charge in [-0.15, -0.1) is 0 Å². The molecule has 0 unspecified atom stereocenters. The van der Waals surface area contributed by atoms with Crippen LogP contribution >= 0.6 is 0 Å². The van der Waals surface area contributed by atoms with Gasteiger partial charge in [-0.2, -0.15) is 0 Å². The highest BCUT2D eigenvalue weighted by molar-refractivity contribution is 5.74. The molecule has 0 saturated carbocycles. The van der Waals surface area contributed by atoms with Crippen LogP contribution in [-0.4, -0.2) is 23.5 Å². The molecule has 0 heterocycles. The molecule has 0 aliphatic rings. The van der Waals surface area contributed by atoms with Crippen molar-refractivity contribution in [2.75, 3.05) is 0 Å². The highest BCUT2D eigenvalue weighted by Gasteiger charge is 2.22. The van der Waals surface area contributed by atoms with Gasteiger partial charge in [0.2, 0.25) is 6.41 Å². The summed E-state index contributed by atoms with van der Waals surface area (Å²) in [6, 6.07) is -0.722. The quantitative estimate of drug-likeness (QED) is 0.383. The summed E-state index contributed by atoms with van der Waals surface area (Å²) in [5.41, 5.74) is 4.54. The number of carboxylic acids is 1. The summed E-state index contributed by atoms with van der Waals surface area (Å²) >= 11 is 0. The molecule has 0 rings (SSSR count). The fourth-order valence-corrected chi connectivity index (χ4v) is 0.807. The van der Waals surface area contributed by atoms with Crippen LogP contribution in [0.25, 0.3) is 0 Å². The first-order valence-electron chi connectivity index (χ1n) is 3.81. The molecule has 5 nitrogen and oxygen atoms in total. The second-order valence-electron chi connectivity index (χ2n) is 2.61. The molecule has 70 valence electrons. The minimum absolute atomic E-state index is 0.0186. The van der Waals surface area contributed by atoms with Gasteiger partial charge >= 0.3 is 5.97 Å². The van der Waals surface area contributed by atoms with E-state index in [1.807, 2.05) is 6.92 Å². The first-order chi connectivity index (χ1) is 5.63. The Morgan fingerprint density at radius 2 is 2.25 bits per heavy atom. The molecule has 5 heteroatoms. The minimum Gasteiger partial charge on any atom is -0.480 e. The van der Waals surface area contributed by atoms with Crippen molar-refractivity contribution in [3.8, 4) is 0 Å². The molecule has 0 aliphatic heterocycles. The highest BCUT2D eigenvalue weighted by atomic mass is 16.4. The number of hydrogen-bond donors (Lipinski definition) is 3. The molecule has 0 aliphatic carbocycles. The van der Waals surface area contributed by atoms with Gasteiger partial charge in [-0.3, -0.25) is 15.0 Å². The third kappa shape index (κ3) is 3.34. The predicted octanol–water partition coefficient (Wildman–Crippen LogP) is -0.264. The average molecular weight is 174 g/mol. The van der Waals surface area contributed by atoms with Gasteiger partial charge in [0.15, 0.2) is 0 Å². The summed E-state index contributed by atoms with van der Waals surface area (Å²) in [7, 11) is 0. The summed E-state index contributed by atoms with van der Waals surface area (Å²) in [5.74, 6) is -0.978. The van der Waals surface area contributed by atoms with Gasteiger partial charge in [-0.25, -0.2) is 5.43 Å². The number of carbonyl (C=O) groups excluding carboxylic acids is 1. The van der Waals surface area contributed by atoms with Crippen LogP contribution in [0.3, 0.4) is 0 Å². The number of hydrazine groups is 1. The van der Waals surface area contributed by atoms with Gasteiger partial charge in [0.25, 0.3) is 0 Å². The third-order valence-electron chi connectivity index (χ3n) is 1.78. The van der Waals surface area contributed by atoms with Crippen molar-refractivity contribution in [1.82, 2.24) is 10.9 Å². The minimum atomic E-state index is -0.960. The second-order valence-corrected chi connectivity index (χ2v) is 2.61. The van der Waals surface area contributed by atoms with Crippen LogP contribution in [0.1, 0.15) is 20.3 Å². The van der Waals surface area contributed by atoms with Crippen molar-refractivity contribution < 1.29 is 14.7 Å². The number of aliphatic carboxylic acids is 1. The zero-order valence-corrected chi connectivity index (χ0v) is 7.20. The molecule has 0 fully saturated rings. The topological polar surface area (TPSA) is 78.4 Å². The van der Waals surface area contributed by atoms with Crippen molar-refractivity contribution >= 4 is 12.4 Å². The van der Waals surface area contributed by atoms with Crippen LogP contribution in [0.5, 0.6) is 0 Å². The second kappa shape index (κ2) is 5.54. The highest BCUT2D eigenvalue weighted by Crippen LogP contribution is 2.06. The largest absolute Gasteiger partial charge is 0.480 e. The molecule has 0 aromatic rings. The maximum absolute atomic E-state index is 10.6. The zero-order chi connectivity index (χ0) is 9.56. The Kier molecular flexibility index (Phi) is 5.03. The van der Waals surface area contributed by atoms with E-state index in [2.05, 4.69) is 10.9 Å². The number of carbonyl (C=O) groups is 2. The molecule has 3 N–H and O–H groups in total. The van der Waals surface area contributed by atoms with E-state index in [4.69, 9.17) is 5.11 Å². The van der Waals surface area contributed by atoms with Crippen molar-refractivity contribution in [3.63, 3.8) is 0 Å². The summed E-state index contributed by atoms with van der Waals surface area (Å²) in [6.07, 6.45) is 1.16. The SMILES string of the molecule is CC[C@H](C)[C@H](NNC=O)C(=O)O. The number of rotatable bonds is 6. The van der Waals surface area contributed by atoms with Crippen LogP contribution < -0.4 is 10.9 Å². The van der Waals surface area contributed by atoms with Crippen LogP contribution in [0.2, 0.25) is 0 Å². The molecule has 0 saturated heterocycles. The van der Waals surface area contributed by atoms with E-state index >= 15 is 0 Å². The number of carboxylic acid groups (broad SMARTS) is 1. The first-order valence-corrected chi connectivity index (χ1v) is 3.81. The van der Waals surface area contributed by atoms with Gasteiger partial charge in [0.1, 0.15) is 6.04 Å². The van der Waals surface area contributed by atoms with Gasteiger partial charge in [0, 0.05) is 0 Å². The standard InChI is InChI=1S/C7H14N2O3/c1-3-5(2)6(7(11)12)9-8-4-10/h4-6,9H,3H2,1-2H3,(H,8,10)(H,11,12)/t5-,6-/m0/s1. The number of hydrogen-bond acceptors (Lipinski definition) is 3. The molecular weight excluding hydrogens is 160 g/mol. The maximum atomic E-state index is 10.6. The Morgan fingerprint density at radius 1 is 1.67 bits per heavy atom. The van der Waals surface area contributed by atoms with Crippen molar-refractivity contribution in [3.05, 3.63) is 0 Å². The van der Waals surface area contributed by atoms with Crippen LogP contribution in [-0.2, 0) is 9.59 Å². The molecule has 0 aromatic carbocycles. The van der Waals surface area contributed by atoms with Crippen molar-refractivity contribution in [2.45, 2.75) is 26.3 Å². The molecular formula is C7H14N2O3. The van der Waals surface area contributed by atoms with Crippen molar-refractivity contribution in [1.29, 1.82) is 0 Å². The Labute approximate surface area is 71.1 Å². The normalized spacial score (nSPS) is 14.8. The number of amides is 1. The van der Waals surface area contributed by atoms with Crippen LogP contribution in [0.4, 0.5) is 0 Å². The Hall–Kier alpha value is -1.10. The zero-order valence-electron chi connectivity index (χ0n) is 7.20. The molecule has 1 amide bonds. The monoisotopic (exact) mass is 174 g/mol. The summed E-state index contributed by atoms with van der Waals surface area (Å²) in [5, 5.41) is 8.68. The first kappa shape index (κ1) is 10.9. The van der Waals surface area contributed by atoms with E-state index in [1.165, 1.54) is 0 Å². The fraction of sp³-hybridized carbons (Fsp3) is 0.714. The molecule has 12 heavy (non-hydrogen) atoms. The summed E-state index contributed by atoms with van der Waals surface area (Å²) < 4.78 is 0. The number of nitrogens with one attached hydrogen (secondary N) is 2. The Morgan fingerprint density at radius 3 is 2.58 bits per heavy atom. The van der Waals surface area contributed by atoms with Crippen molar-refractivity contribution in [2.24, 2.45) is 5.92 Å². The molecule has 0 spiro atoms. The van der Waals surface area contributed by atoms with E-state index < -0.39 is 12.0 Å².